The lowest BCUT2D eigenvalue weighted by molar-refractivity contribution is 0.0600. The van der Waals surface area contributed by atoms with Crippen molar-refractivity contribution in [3.63, 3.8) is 0 Å². The molecule has 0 amide bonds. The van der Waals surface area contributed by atoms with Crippen molar-refractivity contribution in [1.29, 1.82) is 0 Å². The molecule has 1 aliphatic rings. The smallest absolute Gasteiger partial charge is 0.337 e. The molecule has 28 heavy (non-hydrogen) atoms. The number of hydrogen-bond acceptors (Lipinski definition) is 5. The molecule has 0 aromatic heterocycles. The van der Waals surface area contributed by atoms with Crippen LogP contribution in [-0.4, -0.2) is 36.5 Å². The van der Waals surface area contributed by atoms with Crippen LogP contribution in [0.5, 0.6) is 0 Å². The summed E-state index contributed by atoms with van der Waals surface area (Å²) < 4.78 is 7.18. The number of carbonyl (C=O) groups excluding carboxylic acids is 1. The van der Waals surface area contributed by atoms with Crippen LogP contribution in [0.1, 0.15) is 34.3 Å². The molecule has 1 heterocycles. The van der Waals surface area contributed by atoms with Crippen molar-refractivity contribution in [2.45, 2.75) is 25.4 Å². The number of rotatable bonds is 7. The normalized spacial score (nSPS) is 17.2. The highest BCUT2D eigenvalue weighted by Crippen LogP contribution is 2.25. The molecule has 2 aromatic carbocycles. The summed E-state index contributed by atoms with van der Waals surface area (Å²) in [7, 11) is 1.40. The SMILES string of the molecule is COC(=O)c1ccc(CN(S/C=C/c2ccc(Cl)cc2)C2CCCNC2)cc1. The zero-order valence-corrected chi connectivity index (χ0v) is 17.5. The standard InChI is InChI=1S/C22H25ClN2O2S/c1-27-22(26)19-8-4-18(5-9-19)16-25(21-3-2-13-24-15-21)28-14-12-17-6-10-20(23)11-7-17/h4-12,14,21,24H,2-3,13,15-16H2,1H3/b14-12+. The van der Waals surface area contributed by atoms with Gasteiger partial charge in [-0.05, 0) is 78.2 Å². The summed E-state index contributed by atoms with van der Waals surface area (Å²) in [6, 6.07) is 15.9. The molecule has 0 spiro atoms. The minimum Gasteiger partial charge on any atom is -0.465 e. The molecular weight excluding hydrogens is 392 g/mol. The van der Waals surface area contributed by atoms with Crippen LogP contribution in [0.2, 0.25) is 5.02 Å². The second kappa shape index (κ2) is 10.7. The third-order valence-electron chi connectivity index (χ3n) is 4.72. The summed E-state index contributed by atoms with van der Waals surface area (Å²) in [5.74, 6) is -0.305. The van der Waals surface area contributed by atoms with Crippen LogP contribution in [-0.2, 0) is 11.3 Å². The summed E-state index contributed by atoms with van der Waals surface area (Å²) in [6.45, 7) is 2.88. The maximum absolute atomic E-state index is 11.6. The molecule has 1 N–H and O–H groups in total. The van der Waals surface area contributed by atoms with Crippen molar-refractivity contribution in [3.05, 3.63) is 75.7 Å². The van der Waals surface area contributed by atoms with Gasteiger partial charge in [-0.15, -0.1) is 0 Å². The average Bonchev–Trinajstić information content (AvgIpc) is 2.75. The zero-order valence-electron chi connectivity index (χ0n) is 15.9. The van der Waals surface area contributed by atoms with E-state index in [0.29, 0.717) is 11.6 Å². The minimum absolute atomic E-state index is 0.305. The summed E-state index contributed by atoms with van der Waals surface area (Å²) in [6.07, 6.45) is 4.46. The highest BCUT2D eigenvalue weighted by Gasteiger charge is 2.21. The number of halogens is 1. The van der Waals surface area contributed by atoms with Crippen LogP contribution in [0.25, 0.3) is 6.08 Å². The molecule has 148 valence electrons. The Morgan fingerprint density at radius 3 is 2.64 bits per heavy atom. The first kappa shape index (κ1) is 20.9. The van der Waals surface area contributed by atoms with E-state index in [1.807, 2.05) is 48.5 Å². The number of benzene rings is 2. The minimum atomic E-state index is -0.305. The van der Waals surface area contributed by atoms with Gasteiger partial charge in [0.1, 0.15) is 0 Å². The van der Waals surface area contributed by atoms with Crippen molar-refractivity contribution in [3.8, 4) is 0 Å². The monoisotopic (exact) mass is 416 g/mol. The van der Waals surface area contributed by atoms with Gasteiger partial charge in [0.25, 0.3) is 0 Å². The molecule has 1 aliphatic heterocycles. The predicted octanol–water partition coefficient (Wildman–Crippen LogP) is 5.00. The Morgan fingerprint density at radius 2 is 2.00 bits per heavy atom. The van der Waals surface area contributed by atoms with Gasteiger partial charge in [0.15, 0.2) is 0 Å². The average molecular weight is 417 g/mol. The van der Waals surface area contributed by atoms with E-state index in [4.69, 9.17) is 16.3 Å². The molecule has 0 bridgehead atoms. The maximum Gasteiger partial charge on any atom is 0.337 e. The second-order valence-electron chi connectivity index (χ2n) is 6.72. The molecule has 2 aromatic rings. The highest BCUT2D eigenvalue weighted by molar-refractivity contribution is 8.00. The van der Waals surface area contributed by atoms with Gasteiger partial charge in [0, 0.05) is 24.2 Å². The van der Waals surface area contributed by atoms with Gasteiger partial charge in [-0.1, -0.05) is 35.9 Å². The Kier molecular flexibility index (Phi) is 7.98. The van der Waals surface area contributed by atoms with Crippen molar-refractivity contribution >= 4 is 35.6 Å². The van der Waals surface area contributed by atoms with Gasteiger partial charge in [-0.2, -0.15) is 0 Å². The van der Waals surface area contributed by atoms with Crippen molar-refractivity contribution in [1.82, 2.24) is 9.62 Å². The third-order valence-corrected chi connectivity index (χ3v) is 5.93. The first-order valence-corrected chi connectivity index (χ1v) is 10.6. The van der Waals surface area contributed by atoms with Gasteiger partial charge in [-0.3, -0.25) is 0 Å². The van der Waals surface area contributed by atoms with Gasteiger partial charge in [-0.25, -0.2) is 9.10 Å². The molecule has 0 radical (unpaired) electrons. The number of piperidine rings is 1. The van der Waals surface area contributed by atoms with Gasteiger partial charge in [0.2, 0.25) is 0 Å². The van der Waals surface area contributed by atoms with E-state index < -0.39 is 0 Å². The fraction of sp³-hybridized carbons (Fsp3) is 0.318. The van der Waals surface area contributed by atoms with Crippen LogP contribution in [0.15, 0.2) is 53.9 Å². The fourth-order valence-corrected chi connectivity index (χ4v) is 4.21. The number of carbonyl (C=O) groups is 1. The highest BCUT2D eigenvalue weighted by atomic mass is 35.5. The van der Waals surface area contributed by atoms with E-state index in [1.165, 1.54) is 25.5 Å². The fourth-order valence-electron chi connectivity index (χ4n) is 3.14. The lowest BCUT2D eigenvalue weighted by Gasteiger charge is -2.33. The lowest BCUT2D eigenvalue weighted by Crippen LogP contribution is -2.42. The molecule has 6 heteroatoms. The van der Waals surface area contributed by atoms with Gasteiger partial charge >= 0.3 is 5.97 Å². The Bertz CT molecular complexity index is 787. The van der Waals surface area contributed by atoms with Crippen LogP contribution in [0.3, 0.4) is 0 Å². The summed E-state index contributed by atoms with van der Waals surface area (Å²) in [4.78, 5) is 11.6. The number of nitrogens with one attached hydrogen (secondary N) is 1. The molecule has 1 atom stereocenters. The Hall–Kier alpha value is -1.79. The Morgan fingerprint density at radius 1 is 1.25 bits per heavy atom. The molecule has 0 aliphatic carbocycles. The molecule has 1 unspecified atom stereocenters. The molecule has 3 rings (SSSR count). The number of ether oxygens (including phenoxy) is 1. The molecular formula is C22H25ClN2O2S. The summed E-state index contributed by atoms with van der Waals surface area (Å²) in [5.41, 5.74) is 2.87. The topological polar surface area (TPSA) is 41.6 Å². The van der Waals surface area contributed by atoms with Crippen LogP contribution in [0.4, 0.5) is 0 Å². The van der Waals surface area contributed by atoms with E-state index in [2.05, 4.69) is 21.1 Å². The number of methoxy groups -OCH3 is 1. The molecule has 1 saturated heterocycles. The van der Waals surface area contributed by atoms with E-state index in [0.717, 1.165) is 30.2 Å². The molecule has 0 saturated carbocycles. The number of esters is 1. The first-order valence-electron chi connectivity index (χ1n) is 9.39. The Balaban J connectivity index is 1.67. The third kappa shape index (κ3) is 6.11. The van der Waals surface area contributed by atoms with Gasteiger partial charge in [0.05, 0.1) is 12.7 Å². The largest absolute Gasteiger partial charge is 0.465 e. The van der Waals surface area contributed by atoms with E-state index in [1.54, 1.807) is 11.9 Å². The van der Waals surface area contributed by atoms with Crippen molar-refractivity contribution in [2.24, 2.45) is 0 Å². The zero-order chi connectivity index (χ0) is 19.8. The summed E-state index contributed by atoms with van der Waals surface area (Å²) in [5, 5.41) is 6.36. The second-order valence-corrected chi connectivity index (χ2v) is 8.11. The van der Waals surface area contributed by atoms with Crippen LogP contribution in [0, 0.1) is 0 Å². The van der Waals surface area contributed by atoms with E-state index >= 15 is 0 Å². The maximum atomic E-state index is 11.6. The summed E-state index contributed by atoms with van der Waals surface area (Å²) >= 11 is 7.68. The number of hydrogen-bond donors (Lipinski definition) is 1. The van der Waals surface area contributed by atoms with E-state index in [9.17, 15) is 4.79 Å². The van der Waals surface area contributed by atoms with Crippen LogP contribution >= 0.6 is 23.5 Å². The quantitative estimate of drug-likeness (QED) is 0.508. The lowest BCUT2D eigenvalue weighted by atomic mass is 10.1. The van der Waals surface area contributed by atoms with E-state index in [-0.39, 0.29) is 5.97 Å². The van der Waals surface area contributed by atoms with Crippen molar-refractivity contribution in [2.75, 3.05) is 20.2 Å². The molecule has 4 nitrogen and oxygen atoms in total. The number of nitrogens with zero attached hydrogens (tertiary/aromatic N) is 1. The first-order chi connectivity index (χ1) is 13.7. The molecule has 1 fully saturated rings. The van der Waals surface area contributed by atoms with Crippen molar-refractivity contribution < 1.29 is 9.53 Å². The predicted molar refractivity (Wildman–Crippen MR) is 117 cm³/mol. The van der Waals surface area contributed by atoms with Crippen LogP contribution < -0.4 is 5.32 Å². The Labute approximate surface area is 176 Å². The van der Waals surface area contributed by atoms with Gasteiger partial charge < -0.3 is 10.1 Å².